The summed E-state index contributed by atoms with van der Waals surface area (Å²) in [6.07, 6.45) is 3.39. The zero-order valence-electron chi connectivity index (χ0n) is 17.1. The van der Waals surface area contributed by atoms with E-state index in [1.54, 1.807) is 24.4 Å². The molecule has 1 fully saturated rings. The molecule has 1 aromatic heterocycles. The second-order valence-corrected chi connectivity index (χ2v) is 7.97. The van der Waals surface area contributed by atoms with Gasteiger partial charge in [-0.05, 0) is 36.6 Å². The maximum atomic E-state index is 13.3. The number of nitrogens with zero attached hydrogens (tertiary/aromatic N) is 3. The van der Waals surface area contributed by atoms with E-state index in [1.165, 1.54) is 14.2 Å². The fourth-order valence-corrected chi connectivity index (χ4v) is 4.44. The number of halogens is 2. The normalized spacial score (nSPS) is 15.7. The summed E-state index contributed by atoms with van der Waals surface area (Å²) < 4.78 is 10.4. The van der Waals surface area contributed by atoms with Crippen LogP contribution in [0.1, 0.15) is 34.8 Å². The van der Waals surface area contributed by atoms with Gasteiger partial charge in [0.1, 0.15) is 0 Å². The number of benzene rings is 2. The van der Waals surface area contributed by atoms with E-state index in [0.29, 0.717) is 39.2 Å². The van der Waals surface area contributed by atoms with Gasteiger partial charge in [-0.25, -0.2) is 4.98 Å². The van der Waals surface area contributed by atoms with E-state index in [2.05, 4.69) is 9.97 Å². The van der Waals surface area contributed by atoms with Gasteiger partial charge in [0.2, 0.25) is 5.88 Å². The van der Waals surface area contributed by atoms with Crippen molar-refractivity contribution in [3.63, 3.8) is 0 Å². The Bertz CT molecular complexity index is 1120. The number of carbonyl (C=O) groups is 1. The van der Waals surface area contributed by atoms with Gasteiger partial charge in [0.25, 0.3) is 5.91 Å². The van der Waals surface area contributed by atoms with Crippen LogP contribution in [0.25, 0.3) is 11.1 Å². The molecular formula is C23H21Cl2N3O3. The van der Waals surface area contributed by atoms with Gasteiger partial charge in [0.05, 0.1) is 25.8 Å². The van der Waals surface area contributed by atoms with Crippen LogP contribution in [0.2, 0.25) is 10.0 Å². The van der Waals surface area contributed by atoms with Crippen LogP contribution in [0.4, 0.5) is 0 Å². The Morgan fingerprint density at radius 3 is 2.58 bits per heavy atom. The first-order valence-electron chi connectivity index (χ1n) is 9.83. The summed E-state index contributed by atoms with van der Waals surface area (Å²) in [4.78, 5) is 23.5. The van der Waals surface area contributed by atoms with Crippen LogP contribution >= 0.6 is 23.2 Å². The minimum atomic E-state index is -0.0752. The van der Waals surface area contributed by atoms with Crippen molar-refractivity contribution >= 4 is 29.1 Å². The van der Waals surface area contributed by atoms with Crippen molar-refractivity contribution in [1.29, 1.82) is 0 Å². The SMILES string of the molecule is COc1ncc(-c2ccc(C(=O)N3CCC[C@@H]3c3ccccc3Cl)cc2Cl)c(OC)n1. The van der Waals surface area contributed by atoms with Crippen LogP contribution in [0.3, 0.4) is 0 Å². The lowest BCUT2D eigenvalue weighted by atomic mass is 10.0. The van der Waals surface area contributed by atoms with Crippen LogP contribution < -0.4 is 9.47 Å². The van der Waals surface area contributed by atoms with E-state index in [4.69, 9.17) is 32.7 Å². The third-order valence-electron chi connectivity index (χ3n) is 5.39. The fraction of sp³-hybridized carbons (Fsp3) is 0.261. The van der Waals surface area contributed by atoms with Crippen molar-refractivity contribution < 1.29 is 14.3 Å². The van der Waals surface area contributed by atoms with Gasteiger partial charge in [-0.15, -0.1) is 0 Å². The van der Waals surface area contributed by atoms with Crippen molar-refractivity contribution in [2.75, 3.05) is 20.8 Å². The Kier molecular flexibility index (Phi) is 6.30. The summed E-state index contributed by atoms with van der Waals surface area (Å²) in [5, 5.41) is 1.08. The largest absolute Gasteiger partial charge is 0.480 e. The molecule has 1 saturated heterocycles. The minimum Gasteiger partial charge on any atom is -0.480 e. The van der Waals surface area contributed by atoms with Crippen LogP contribution in [0.15, 0.2) is 48.7 Å². The molecule has 1 aliphatic heterocycles. The molecule has 0 saturated carbocycles. The molecule has 0 bridgehead atoms. The number of likely N-dealkylation sites (tertiary alicyclic amines) is 1. The van der Waals surface area contributed by atoms with Crippen LogP contribution in [-0.2, 0) is 0 Å². The van der Waals surface area contributed by atoms with Gasteiger partial charge >= 0.3 is 6.01 Å². The average molecular weight is 458 g/mol. The Hall–Kier alpha value is -2.83. The van der Waals surface area contributed by atoms with E-state index >= 15 is 0 Å². The first-order chi connectivity index (χ1) is 15.0. The van der Waals surface area contributed by atoms with Gasteiger partial charge < -0.3 is 14.4 Å². The number of aromatic nitrogens is 2. The van der Waals surface area contributed by atoms with Gasteiger partial charge in [-0.3, -0.25) is 4.79 Å². The van der Waals surface area contributed by atoms with Crippen LogP contribution in [-0.4, -0.2) is 41.5 Å². The number of hydrogen-bond donors (Lipinski definition) is 0. The smallest absolute Gasteiger partial charge is 0.319 e. The van der Waals surface area contributed by atoms with Crippen molar-refractivity contribution in [2.24, 2.45) is 0 Å². The maximum absolute atomic E-state index is 13.3. The van der Waals surface area contributed by atoms with E-state index in [-0.39, 0.29) is 18.0 Å². The summed E-state index contributed by atoms with van der Waals surface area (Å²) in [5.74, 6) is 0.264. The molecule has 160 valence electrons. The lowest BCUT2D eigenvalue weighted by Crippen LogP contribution is -2.30. The number of carbonyl (C=O) groups excluding carboxylic acids is 1. The topological polar surface area (TPSA) is 64.5 Å². The fourth-order valence-electron chi connectivity index (χ4n) is 3.90. The highest BCUT2D eigenvalue weighted by Crippen LogP contribution is 2.38. The van der Waals surface area contributed by atoms with Gasteiger partial charge in [-0.2, -0.15) is 4.98 Å². The van der Waals surface area contributed by atoms with Crippen molar-refractivity contribution in [3.8, 4) is 23.0 Å². The predicted octanol–water partition coefficient (Wildman–Crippen LogP) is 5.44. The van der Waals surface area contributed by atoms with Crippen molar-refractivity contribution in [1.82, 2.24) is 14.9 Å². The number of hydrogen-bond acceptors (Lipinski definition) is 5. The quantitative estimate of drug-likeness (QED) is 0.509. The Morgan fingerprint density at radius 1 is 1.06 bits per heavy atom. The first-order valence-corrected chi connectivity index (χ1v) is 10.6. The third-order valence-corrected chi connectivity index (χ3v) is 6.05. The molecule has 2 aromatic carbocycles. The molecule has 3 aromatic rings. The van der Waals surface area contributed by atoms with E-state index in [1.807, 2.05) is 29.2 Å². The molecule has 1 aliphatic rings. The number of ether oxygens (including phenoxy) is 2. The zero-order chi connectivity index (χ0) is 22.0. The van der Waals surface area contributed by atoms with Crippen LogP contribution in [0.5, 0.6) is 11.9 Å². The highest BCUT2D eigenvalue weighted by Gasteiger charge is 2.32. The molecule has 2 heterocycles. The van der Waals surface area contributed by atoms with Crippen molar-refractivity contribution in [3.05, 3.63) is 69.8 Å². The Balaban J connectivity index is 1.64. The second kappa shape index (κ2) is 9.12. The second-order valence-electron chi connectivity index (χ2n) is 7.15. The van der Waals surface area contributed by atoms with Gasteiger partial charge in [-0.1, -0.05) is 47.5 Å². The standard InChI is InChI=1S/C23H21Cl2N3O3/c1-30-21-17(13-26-23(27-21)31-2)15-10-9-14(12-19(15)25)22(29)28-11-5-8-20(28)16-6-3-4-7-18(16)24/h3-4,6-7,9-10,12-13,20H,5,8,11H2,1-2H3/t20-/m1/s1. The average Bonchev–Trinajstić information content (AvgIpc) is 3.28. The molecule has 31 heavy (non-hydrogen) atoms. The molecule has 0 radical (unpaired) electrons. The minimum absolute atomic E-state index is 0.0465. The molecule has 0 spiro atoms. The molecule has 0 N–H and O–H groups in total. The first kappa shape index (κ1) is 21.4. The van der Waals surface area contributed by atoms with Crippen LogP contribution in [0, 0.1) is 0 Å². The molecule has 6 nitrogen and oxygen atoms in total. The summed E-state index contributed by atoms with van der Waals surface area (Å²) in [5.41, 5.74) is 2.77. The number of amides is 1. The summed E-state index contributed by atoms with van der Waals surface area (Å²) >= 11 is 13.0. The molecule has 0 unspecified atom stereocenters. The van der Waals surface area contributed by atoms with Gasteiger partial charge in [0, 0.05) is 33.9 Å². The molecule has 8 heteroatoms. The molecule has 4 rings (SSSR count). The van der Waals surface area contributed by atoms with Gasteiger partial charge in [0.15, 0.2) is 0 Å². The van der Waals surface area contributed by atoms with E-state index in [9.17, 15) is 4.79 Å². The summed E-state index contributed by atoms with van der Waals surface area (Å²) in [7, 11) is 3.00. The zero-order valence-corrected chi connectivity index (χ0v) is 18.7. The number of rotatable bonds is 5. The number of methoxy groups -OCH3 is 2. The summed E-state index contributed by atoms with van der Waals surface area (Å²) in [6.45, 7) is 0.675. The Morgan fingerprint density at radius 2 is 1.87 bits per heavy atom. The monoisotopic (exact) mass is 457 g/mol. The van der Waals surface area contributed by atoms with E-state index < -0.39 is 0 Å². The van der Waals surface area contributed by atoms with E-state index in [0.717, 1.165) is 18.4 Å². The predicted molar refractivity (Wildman–Crippen MR) is 120 cm³/mol. The van der Waals surface area contributed by atoms with Crippen molar-refractivity contribution in [2.45, 2.75) is 18.9 Å². The highest BCUT2D eigenvalue weighted by molar-refractivity contribution is 6.33. The molecule has 1 amide bonds. The lowest BCUT2D eigenvalue weighted by Gasteiger charge is -2.26. The maximum Gasteiger partial charge on any atom is 0.319 e. The lowest BCUT2D eigenvalue weighted by molar-refractivity contribution is 0.0736. The third kappa shape index (κ3) is 4.18. The Labute approximate surface area is 190 Å². The summed E-state index contributed by atoms with van der Waals surface area (Å²) in [6, 6.07) is 13.0. The molecular weight excluding hydrogens is 437 g/mol. The highest BCUT2D eigenvalue weighted by atomic mass is 35.5. The molecule has 1 atom stereocenters. The molecule has 0 aliphatic carbocycles.